The van der Waals surface area contributed by atoms with Crippen LogP contribution in [0.15, 0.2) is 11.5 Å². The van der Waals surface area contributed by atoms with Crippen molar-refractivity contribution in [2.24, 2.45) is 7.05 Å². The highest BCUT2D eigenvalue weighted by Crippen LogP contribution is 2.18. The molecule has 1 rings (SSSR count). The first-order chi connectivity index (χ1) is 8.11. The van der Waals surface area contributed by atoms with E-state index in [-0.39, 0.29) is 0 Å². The van der Waals surface area contributed by atoms with Gasteiger partial charge in [0.15, 0.2) is 5.16 Å². The van der Waals surface area contributed by atoms with Crippen molar-refractivity contribution in [2.75, 3.05) is 12.8 Å². The van der Waals surface area contributed by atoms with Crippen LogP contribution in [0, 0.1) is 11.3 Å². The second kappa shape index (κ2) is 6.62. The third-order valence-corrected chi connectivity index (χ3v) is 3.89. The number of nitrogens with one attached hydrogen (secondary N) is 1. The first-order valence-corrected chi connectivity index (χ1v) is 6.67. The first-order valence-electron chi connectivity index (χ1n) is 5.68. The lowest BCUT2D eigenvalue weighted by atomic mass is 9.97. The van der Waals surface area contributed by atoms with Gasteiger partial charge in [-0.2, -0.15) is 5.26 Å². The zero-order chi connectivity index (χ0) is 12.7. The molecule has 0 aliphatic carbocycles. The number of hydrogen-bond donors (Lipinski definition) is 1. The maximum atomic E-state index is 8.99. The van der Waals surface area contributed by atoms with Crippen LogP contribution in [0.4, 0.5) is 0 Å². The molecule has 0 radical (unpaired) electrons. The Morgan fingerprint density at radius 1 is 1.59 bits per heavy atom. The summed E-state index contributed by atoms with van der Waals surface area (Å²) in [6.45, 7) is 1.93. The molecule has 0 aromatic carbocycles. The molecule has 1 unspecified atom stereocenters. The zero-order valence-corrected chi connectivity index (χ0v) is 11.4. The molecule has 6 heteroatoms. The van der Waals surface area contributed by atoms with Crippen LogP contribution in [0.2, 0.25) is 0 Å². The molecule has 1 aromatic heterocycles. The number of hydrogen-bond acceptors (Lipinski definition) is 5. The monoisotopic (exact) mass is 253 g/mol. The number of nitriles is 1. The average Bonchev–Trinajstić information content (AvgIpc) is 2.74. The Balaban J connectivity index is 2.18. The third kappa shape index (κ3) is 4.36. The Morgan fingerprint density at radius 2 is 2.35 bits per heavy atom. The number of aryl methyl sites for hydroxylation is 1. The molecule has 0 amide bonds. The lowest BCUT2D eigenvalue weighted by Crippen LogP contribution is -2.37. The minimum absolute atomic E-state index is 0.393. The van der Waals surface area contributed by atoms with Crippen LogP contribution in [0.3, 0.4) is 0 Å². The Morgan fingerprint density at radius 3 is 2.88 bits per heavy atom. The van der Waals surface area contributed by atoms with Crippen LogP contribution in [-0.2, 0) is 7.05 Å². The van der Waals surface area contributed by atoms with E-state index < -0.39 is 5.54 Å². The topological polar surface area (TPSA) is 66.5 Å². The van der Waals surface area contributed by atoms with E-state index in [0.717, 1.165) is 30.2 Å². The van der Waals surface area contributed by atoms with Crippen LogP contribution in [-0.4, -0.2) is 33.1 Å². The van der Waals surface area contributed by atoms with Gasteiger partial charge < -0.3 is 9.88 Å². The van der Waals surface area contributed by atoms with Crippen LogP contribution in [0.5, 0.6) is 0 Å². The van der Waals surface area contributed by atoms with E-state index in [1.54, 1.807) is 18.1 Å². The van der Waals surface area contributed by atoms with E-state index in [1.165, 1.54) is 0 Å². The minimum Gasteiger partial charge on any atom is -0.312 e. The number of unbranched alkanes of at least 4 members (excludes halogenated alkanes) is 1. The van der Waals surface area contributed by atoms with Gasteiger partial charge in [0.2, 0.25) is 0 Å². The maximum Gasteiger partial charge on any atom is 0.190 e. The van der Waals surface area contributed by atoms with E-state index in [4.69, 9.17) is 5.26 Å². The molecule has 1 atom stereocenters. The molecule has 5 nitrogen and oxygen atoms in total. The smallest absolute Gasteiger partial charge is 0.190 e. The molecule has 94 valence electrons. The molecule has 0 fully saturated rings. The van der Waals surface area contributed by atoms with Gasteiger partial charge in [0.1, 0.15) is 11.9 Å². The standard InChI is InChI=1S/C11H19N5S/c1-11(8-12,13-2)6-4-5-7-17-10-15-14-9-16(10)3/h9,13H,4-7H2,1-3H3. The predicted octanol–water partition coefficient (Wildman–Crippen LogP) is 1.58. The lowest BCUT2D eigenvalue weighted by molar-refractivity contribution is 0.439. The molecule has 17 heavy (non-hydrogen) atoms. The van der Waals surface area contributed by atoms with Crippen LogP contribution >= 0.6 is 11.8 Å². The summed E-state index contributed by atoms with van der Waals surface area (Å²) in [4.78, 5) is 0. The Labute approximate surface area is 107 Å². The summed E-state index contributed by atoms with van der Waals surface area (Å²) in [6, 6.07) is 2.30. The Bertz CT molecular complexity index is 383. The quantitative estimate of drug-likeness (QED) is 0.590. The molecule has 1 N–H and O–H groups in total. The predicted molar refractivity (Wildman–Crippen MR) is 68.7 cm³/mol. The molecule has 0 saturated heterocycles. The molecule has 0 aliphatic heterocycles. The fourth-order valence-corrected chi connectivity index (χ4v) is 2.27. The largest absolute Gasteiger partial charge is 0.312 e. The van der Waals surface area contributed by atoms with Gasteiger partial charge in [0, 0.05) is 12.8 Å². The highest BCUT2D eigenvalue weighted by atomic mass is 32.2. The summed E-state index contributed by atoms with van der Waals surface area (Å²) in [5.41, 5.74) is -0.393. The second-order valence-electron chi connectivity index (χ2n) is 4.22. The van der Waals surface area contributed by atoms with Crippen molar-refractivity contribution in [1.29, 1.82) is 5.26 Å². The van der Waals surface area contributed by atoms with Crippen molar-refractivity contribution < 1.29 is 0 Å². The van der Waals surface area contributed by atoms with Crippen molar-refractivity contribution in [3.8, 4) is 6.07 Å². The SMILES string of the molecule is CNC(C)(C#N)CCCCSc1nncn1C. The normalized spacial score (nSPS) is 14.2. The molecule has 0 saturated carbocycles. The van der Waals surface area contributed by atoms with E-state index in [2.05, 4.69) is 21.6 Å². The van der Waals surface area contributed by atoms with E-state index in [1.807, 2.05) is 25.6 Å². The van der Waals surface area contributed by atoms with Gasteiger partial charge in [0.25, 0.3) is 0 Å². The summed E-state index contributed by atoms with van der Waals surface area (Å²) in [6.07, 6.45) is 4.70. The summed E-state index contributed by atoms with van der Waals surface area (Å²) < 4.78 is 1.91. The second-order valence-corrected chi connectivity index (χ2v) is 5.29. The summed E-state index contributed by atoms with van der Waals surface area (Å²) in [5, 5.41) is 20.8. The summed E-state index contributed by atoms with van der Waals surface area (Å²) in [5.74, 6) is 1.01. The minimum atomic E-state index is -0.393. The molecule has 0 aliphatic rings. The lowest BCUT2D eigenvalue weighted by Gasteiger charge is -2.20. The van der Waals surface area contributed by atoms with Crippen LogP contribution < -0.4 is 5.32 Å². The summed E-state index contributed by atoms with van der Waals surface area (Å²) in [7, 11) is 3.77. The molecule has 0 bridgehead atoms. The van der Waals surface area contributed by atoms with Crippen molar-refractivity contribution >= 4 is 11.8 Å². The van der Waals surface area contributed by atoms with Crippen molar-refractivity contribution in [3.63, 3.8) is 0 Å². The van der Waals surface area contributed by atoms with Gasteiger partial charge in [0.05, 0.1) is 6.07 Å². The molecular weight excluding hydrogens is 234 g/mol. The summed E-state index contributed by atoms with van der Waals surface area (Å²) >= 11 is 1.71. The first kappa shape index (κ1) is 14.0. The van der Waals surface area contributed by atoms with Gasteiger partial charge in [-0.15, -0.1) is 10.2 Å². The van der Waals surface area contributed by atoms with Crippen LogP contribution in [0.25, 0.3) is 0 Å². The fraction of sp³-hybridized carbons (Fsp3) is 0.727. The Hall–Kier alpha value is -1.06. The molecule has 1 aromatic rings. The molecule has 1 heterocycles. The number of nitrogens with zero attached hydrogens (tertiary/aromatic N) is 4. The number of rotatable bonds is 7. The van der Waals surface area contributed by atoms with Crippen molar-refractivity contribution in [3.05, 3.63) is 6.33 Å². The van der Waals surface area contributed by atoms with Gasteiger partial charge in [-0.3, -0.25) is 0 Å². The maximum absolute atomic E-state index is 8.99. The number of aromatic nitrogens is 3. The third-order valence-electron chi connectivity index (χ3n) is 2.77. The van der Waals surface area contributed by atoms with Gasteiger partial charge >= 0.3 is 0 Å². The fourth-order valence-electron chi connectivity index (χ4n) is 1.38. The molecular formula is C11H19N5S. The highest BCUT2D eigenvalue weighted by molar-refractivity contribution is 7.99. The van der Waals surface area contributed by atoms with Crippen LogP contribution in [0.1, 0.15) is 26.2 Å². The number of thioether (sulfide) groups is 1. The van der Waals surface area contributed by atoms with Crippen molar-refractivity contribution in [2.45, 2.75) is 36.9 Å². The van der Waals surface area contributed by atoms with E-state index in [0.29, 0.717) is 0 Å². The van der Waals surface area contributed by atoms with Crippen molar-refractivity contribution in [1.82, 2.24) is 20.1 Å². The van der Waals surface area contributed by atoms with E-state index in [9.17, 15) is 0 Å². The van der Waals surface area contributed by atoms with Gasteiger partial charge in [-0.25, -0.2) is 0 Å². The highest BCUT2D eigenvalue weighted by Gasteiger charge is 2.19. The molecule has 0 spiro atoms. The zero-order valence-electron chi connectivity index (χ0n) is 10.6. The van der Waals surface area contributed by atoms with Gasteiger partial charge in [-0.1, -0.05) is 11.8 Å². The average molecular weight is 253 g/mol. The Kier molecular flexibility index (Phi) is 5.45. The van der Waals surface area contributed by atoms with Gasteiger partial charge in [-0.05, 0) is 33.2 Å². The van der Waals surface area contributed by atoms with E-state index >= 15 is 0 Å².